The van der Waals surface area contributed by atoms with Crippen molar-refractivity contribution in [1.82, 2.24) is 9.99 Å². The predicted octanol–water partition coefficient (Wildman–Crippen LogP) is 4.67. The maximum Gasteiger partial charge on any atom is 0.273 e. The van der Waals surface area contributed by atoms with E-state index in [1.165, 1.54) is 0 Å². The molecule has 0 aliphatic carbocycles. The molecule has 1 heterocycles. The molecule has 0 spiro atoms. The van der Waals surface area contributed by atoms with Crippen LogP contribution in [0.15, 0.2) is 78.2 Å². The second-order valence-corrected chi connectivity index (χ2v) is 5.90. The molecule has 0 radical (unpaired) electrons. The molecule has 0 fully saturated rings. The summed E-state index contributed by atoms with van der Waals surface area (Å²) in [7, 11) is 0. The standard InChI is InChI=1S/C20H18ClN3O/c1-2-18(15-9-11-16(21)12-10-15)22-23-20(25)17-7-3-4-8-19(17)24-13-5-6-14-24/h3-14H,2H2,1H3,(H,23,25)/b22-18+. The highest BCUT2D eigenvalue weighted by Gasteiger charge is 2.12. The van der Waals surface area contributed by atoms with Gasteiger partial charge in [-0.25, -0.2) is 5.43 Å². The number of nitrogens with zero attached hydrogens (tertiary/aromatic N) is 2. The molecule has 0 saturated carbocycles. The third-order valence-corrected chi connectivity index (χ3v) is 4.09. The van der Waals surface area contributed by atoms with E-state index in [1.54, 1.807) is 6.07 Å². The Morgan fingerprint density at radius 2 is 1.72 bits per heavy atom. The number of hydrazone groups is 1. The third-order valence-electron chi connectivity index (χ3n) is 3.84. The maximum atomic E-state index is 12.6. The highest BCUT2D eigenvalue weighted by molar-refractivity contribution is 6.30. The van der Waals surface area contributed by atoms with E-state index in [1.807, 2.05) is 78.5 Å². The summed E-state index contributed by atoms with van der Waals surface area (Å²) in [6.45, 7) is 1.99. The van der Waals surface area contributed by atoms with Gasteiger partial charge in [0.1, 0.15) is 0 Å². The summed E-state index contributed by atoms with van der Waals surface area (Å²) < 4.78 is 1.90. The quantitative estimate of drug-likeness (QED) is 0.526. The first kappa shape index (κ1) is 17.0. The van der Waals surface area contributed by atoms with Gasteiger partial charge in [0.25, 0.3) is 5.91 Å². The fourth-order valence-corrected chi connectivity index (χ4v) is 2.68. The lowest BCUT2D eigenvalue weighted by Crippen LogP contribution is -2.21. The maximum absolute atomic E-state index is 12.6. The molecular weight excluding hydrogens is 334 g/mol. The van der Waals surface area contributed by atoms with Gasteiger partial charge in [-0.1, -0.05) is 42.8 Å². The Hall–Kier alpha value is -2.85. The molecule has 2 aromatic carbocycles. The molecule has 0 bridgehead atoms. The average Bonchev–Trinajstić information content (AvgIpc) is 3.18. The molecule has 126 valence electrons. The van der Waals surface area contributed by atoms with E-state index in [-0.39, 0.29) is 5.91 Å². The van der Waals surface area contributed by atoms with E-state index in [2.05, 4.69) is 10.5 Å². The molecule has 0 saturated heterocycles. The zero-order chi connectivity index (χ0) is 17.6. The number of hydrogen-bond acceptors (Lipinski definition) is 2. The third kappa shape index (κ3) is 3.98. The van der Waals surface area contributed by atoms with E-state index in [4.69, 9.17) is 11.6 Å². The number of hydrogen-bond donors (Lipinski definition) is 1. The largest absolute Gasteiger partial charge is 0.323 e. The van der Waals surface area contributed by atoms with Crippen LogP contribution in [0.5, 0.6) is 0 Å². The van der Waals surface area contributed by atoms with E-state index in [0.29, 0.717) is 17.0 Å². The molecule has 4 nitrogen and oxygen atoms in total. The summed E-state index contributed by atoms with van der Waals surface area (Å²) in [5.74, 6) is -0.246. The number of amides is 1. The van der Waals surface area contributed by atoms with Crippen molar-refractivity contribution < 1.29 is 4.79 Å². The van der Waals surface area contributed by atoms with Crippen LogP contribution in [0.25, 0.3) is 5.69 Å². The van der Waals surface area contributed by atoms with Crippen molar-refractivity contribution in [2.24, 2.45) is 5.10 Å². The van der Waals surface area contributed by atoms with E-state index < -0.39 is 0 Å². The lowest BCUT2D eigenvalue weighted by Gasteiger charge is -2.10. The molecule has 1 N–H and O–H groups in total. The van der Waals surface area contributed by atoms with Crippen LogP contribution < -0.4 is 5.43 Å². The Labute approximate surface area is 151 Å². The van der Waals surface area contributed by atoms with E-state index in [0.717, 1.165) is 17.0 Å². The van der Waals surface area contributed by atoms with Crippen molar-refractivity contribution in [3.63, 3.8) is 0 Å². The lowest BCUT2D eigenvalue weighted by molar-refractivity contribution is 0.0955. The number of nitrogens with one attached hydrogen (secondary N) is 1. The Bertz CT molecular complexity index is 884. The summed E-state index contributed by atoms with van der Waals surface area (Å²) in [6.07, 6.45) is 4.50. The molecule has 0 atom stereocenters. The zero-order valence-corrected chi connectivity index (χ0v) is 14.6. The van der Waals surface area contributed by atoms with Gasteiger partial charge in [-0.05, 0) is 48.4 Å². The molecular formula is C20H18ClN3O. The summed E-state index contributed by atoms with van der Waals surface area (Å²) in [5, 5.41) is 4.98. The van der Waals surface area contributed by atoms with Crippen LogP contribution >= 0.6 is 11.6 Å². The highest BCUT2D eigenvalue weighted by atomic mass is 35.5. The first-order valence-electron chi connectivity index (χ1n) is 8.04. The number of carbonyl (C=O) groups excluding carboxylic acids is 1. The van der Waals surface area contributed by atoms with Crippen molar-refractivity contribution in [2.75, 3.05) is 0 Å². The molecule has 1 amide bonds. The lowest BCUT2D eigenvalue weighted by atomic mass is 10.1. The first-order chi connectivity index (χ1) is 12.2. The van der Waals surface area contributed by atoms with Crippen LogP contribution in [0.1, 0.15) is 29.3 Å². The number of benzene rings is 2. The normalized spacial score (nSPS) is 11.4. The number of halogens is 1. The molecule has 3 rings (SSSR count). The van der Waals surface area contributed by atoms with E-state index >= 15 is 0 Å². The molecule has 0 aliphatic heterocycles. The summed E-state index contributed by atoms with van der Waals surface area (Å²) >= 11 is 5.92. The number of para-hydroxylation sites is 1. The second kappa shape index (κ2) is 7.81. The first-order valence-corrected chi connectivity index (χ1v) is 8.42. The van der Waals surface area contributed by atoms with Crippen LogP contribution in [0.2, 0.25) is 5.02 Å². The Morgan fingerprint density at radius 1 is 1.04 bits per heavy atom. The number of aromatic nitrogens is 1. The molecule has 0 unspecified atom stereocenters. The smallest absolute Gasteiger partial charge is 0.273 e. The van der Waals surface area contributed by atoms with Crippen LogP contribution in [-0.2, 0) is 0 Å². The fraction of sp³-hybridized carbons (Fsp3) is 0.100. The SMILES string of the molecule is CC/C(=N\NC(=O)c1ccccc1-n1cccc1)c1ccc(Cl)cc1. The van der Waals surface area contributed by atoms with Gasteiger partial charge < -0.3 is 4.57 Å². The summed E-state index contributed by atoms with van der Waals surface area (Å²) in [5.41, 5.74) is 5.77. The van der Waals surface area contributed by atoms with Crippen LogP contribution in [0.4, 0.5) is 0 Å². The van der Waals surface area contributed by atoms with Gasteiger partial charge in [0.2, 0.25) is 0 Å². The van der Waals surface area contributed by atoms with Crippen molar-refractivity contribution in [2.45, 2.75) is 13.3 Å². The van der Waals surface area contributed by atoms with Crippen LogP contribution in [-0.4, -0.2) is 16.2 Å². The van der Waals surface area contributed by atoms with Crippen LogP contribution in [0, 0.1) is 0 Å². The number of carbonyl (C=O) groups is 1. The molecule has 1 aromatic heterocycles. The zero-order valence-electron chi connectivity index (χ0n) is 13.8. The highest BCUT2D eigenvalue weighted by Crippen LogP contribution is 2.15. The predicted molar refractivity (Wildman–Crippen MR) is 102 cm³/mol. The fourth-order valence-electron chi connectivity index (χ4n) is 2.55. The Kier molecular flexibility index (Phi) is 5.31. The van der Waals surface area contributed by atoms with Gasteiger partial charge in [-0.2, -0.15) is 5.10 Å². The average molecular weight is 352 g/mol. The van der Waals surface area contributed by atoms with E-state index in [9.17, 15) is 4.79 Å². The van der Waals surface area contributed by atoms with Gasteiger partial charge in [-0.3, -0.25) is 4.79 Å². The Balaban J connectivity index is 1.84. The number of rotatable bonds is 5. The summed E-state index contributed by atoms with van der Waals surface area (Å²) in [4.78, 5) is 12.6. The topological polar surface area (TPSA) is 46.4 Å². The molecule has 0 aliphatic rings. The van der Waals surface area contributed by atoms with Gasteiger partial charge >= 0.3 is 0 Å². The second-order valence-electron chi connectivity index (χ2n) is 5.47. The minimum absolute atomic E-state index is 0.246. The minimum Gasteiger partial charge on any atom is -0.323 e. The van der Waals surface area contributed by atoms with Gasteiger partial charge in [-0.15, -0.1) is 0 Å². The van der Waals surface area contributed by atoms with Crippen LogP contribution in [0.3, 0.4) is 0 Å². The summed E-state index contributed by atoms with van der Waals surface area (Å²) in [6, 6.07) is 18.7. The molecule has 25 heavy (non-hydrogen) atoms. The van der Waals surface area contributed by atoms with Crippen molar-refractivity contribution in [3.05, 3.63) is 89.2 Å². The monoisotopic (exact) mass is 351 g/mol. The van der Waals surface area contributed by atoms with Gasteiger partial charge in [0.15, 0.2) is 0 Å². The van der Waals surface area contributed by atoms with Crippen molar-refractivity contribution in [3.8, 4) is 5.69 Å². The van der Waals surface area contributed by atoms with Gasteiger partial charge in [0.05, 0.1) is 17.0 Å². The Morgan fingerprint density at radius 3 is 2.40 bits per heavy atom. The molecule has 5 heteroatoms. The van der Waals surface area contributed by atoms with Crippen molar-refractivity contribution in [1.29, 1.82) is 0 Å². The minimum atomic E-state index is -0.246. The van der Waals surface area contributed by atoms with Crippen molar-refractivity contribution >= 4 is 23.2 Å². The molecule has 3 aromatic rings. The van der Waals surface area contributed by atoms with Gasteiger partial charge in [0, 0.05) is 17.4 Å².